The van der Waals surface area contributed by atoms with Gasteiger partial charge in [-0.15, -0.1) is 0 Å². The summed E-state index contributed by atoms with van der Waals surface area (Å²) in [5, 5.41) is 4.23. The lowest BCUT2D eigenvalue weighted by atomic mass is 10.2. The minimum atomic E-state index is 0.892. The van der Waals surface area contributed by atoms with Gasteiger partial charge in [0.1, 0.15) is 0 Å². The fourth-order valence-electron chi connectivity index (χ4n) is 1.41. The van der Waals surface area contributed by atoms with Crippen LogP contribution in [0, 0.1) is 0 Å². The molecule has 0 aliphatic rings. The van der Waals surface area contributed by atoms with Gasteiger partial charge in [0.25, 0.3) is 0 Å². The lowest BCUT2D eigenvalue weighted by molar-refractivity contribution is 0.724. The van der Waals surface area contributed by atoms with Crippen LogP contribution < -0.4 is 5.32 Å². The molecule has 90 valence electrons. The quantitative estimate of drug-likeness (QED) is 0.888. The van der Waals surface area contributed by atoms with Crippen LogP contribution in [0.25, 0.3) is 0 Å². The van der Waals surface area contributed by atoms with Gasteiger partial charge in [-0.25, -0.2) is 4.98 Å². The number of halogens is 1. The van der Waals surface area contributed by atoms with Gasteiger partial charge >= 0.3 is 0 Å². The van der Waals surface area contributed by atoms with Crippen LogP contribution in [0.1, 0.15) is 12.5 Å². The van der Waals surface area contributed by atoms with Crippen molar-refractivity contribution in [3.63, 3.8) is 0 Å². The third-order valence-electron chi connectivity index (χ3n) is 2.28. The number of H-pyrrole nitrogens is 1. The molecular weight excluding hydrogens is 298 g/mol. The molecule has 1 aromatic carbocycles. The Morgan fingerprint density at radius 2 is 2.35 bits per heavy atom. The van der Waals surface area contributed by atoms with Crippen molar-refractivity contribution in [3.05, 3.63) is 40.6 Å². The van der Waals surface area contributed by atoms with Crippen molar-refractivity contribution in [1.82, 2.24) is 15.3 Å². The summed E-state index contributed by atoms with van der Waals surface area (Å²) in [4.78, 5) is 8.44. The molecule has 0 atom stereocenters. The molecule has 0 unspecified atom stereocenters. The third-order valence-corrected chi connectivity index (χ3v) is 3.92. The van der Waals surface area contributed by atoms with E-state index in [9.17, 15) is 0 Å². The SMILES string of the molecule is CCNCc1ccc(Sc2ncc[nH]2)cc1Br. The Kier molecular flexibility index (Phi) is 4.65. The third kappa shape index (κ3) is 3.59. The minimum Gasteiger partial charge on any atom is -0.339 e. The van der Waals surface area contributed by atoms with Crippen molar-refractivity contribution in [1.29, 1.82) is 0 Å². The number of rotatable bonds is 5. The van der Waals surface area contributed by atoms with E-state index >= 15 is 0 Å². The molecule has 2 N–H and O–H groups in total. The Hall–Kier alpha value is -0.780. The molecule has 0 radical (unpaired) electrons. The standard InChI is InChI=1S/C12H14BrN3S/c1-2-14-8-9-3-4-10(7-11(9)13)17-12-15-5-6-16-12/h3-7,14H,2,8H2,1H3,(H,15,16). The van der Waals surface area contributed by atoms with Crippen LogP contribution in [0.4, 0.5) is 0 Å². The average molecular weight is 312 g/mol. The number of hydrogen-bond acceptors (Lipinski definition) is 3. The number of benzene rings is 1. The number of imidazole rings is 1. The van der Waals surface area contributed by atoms with Crippen LogP contribution in [-0.2, 0) is 6.54 Å². The van der Waals surface area contributed by atoms with Crippen LogP contribution in [-0.4, -0.2) is 16.5 Å². The summed E-state index contributed by atoms with van der Waals surface area (Å²) in [6.07, 6.45) is 3.59. The zero-order valence-corrected chi connectivity index (χ0v) is 11.9. The first-order chi connectivity index (χ1) is 8.29. The summed E-state index contributed by atoms with van der Waals surface area (Å²) >= 11 is 5.22. The van der Waals surface area contributed by atoms with E-state index in [0.717, 1.165) is 22.7 Å². The molecule has 2 aromatic rings. The van der Waals surface area contributed by atoms with E-state index in [1.165, 1.54) is 10.5 Å². The molecule has 0 amide bonds. The largest absolute Gasteiger partial charge is 0.339 e. The highest BCUT2D eigenvalue weighted by molar-refractivity contribution is 9.10. The van der Waals surface area contributed by atoms with Crippen LogP contribution in [0.2, 0.25) is 0 Å². The van der Waals surface area contributed by atoms with Gasteiger partial charge in [-0.1, -0.05) is 40.7 Å². The van der Waals surface area contributed by atoms with E-state index in [4.69, 9.17) is 0 Å². The van der Waals surface area contributed by atoms with Crippen molar-refractivity contribution in [2.45, 2.75) is 23.5 Å². The van der Waals surface area contributed by atoms with Crippen molar-refractivity contribution in [2.24, 2.45) is 0 Å². The Balaban J connectivity index is 2.08. The molecule has 0 spiro atoms. The average Bonchev–Trinajstić information content (AvgIpc) is 2.81. The van der Waals surface area contributed by atoms with Crippen molar-refractivity contribution in [3.8, 4) is 0 Å². The Morgan fingerprint density at radius 3 is 3.00 bits per heavy atom. The summed E-state index contributed by atoms with van der Waals surface area (Å²) in [6, 6.07) is 6.38. The zero-order valence-electron chi connectivity index (χ0n) is 9.53. The van der Waals surface area contributed by atoms with E-state index in [-0.39, 0.29) is 0 Å². The molecule has 17 heavy (non-hydrogen) atoms. The fraction of sp³-hybridized carbons (Fsp3) is 0.250. The van der Waals surface area contributed by atoms with Gasteiger partial charge in [0.05, 0.1) is 0 Å². The molecule has 5 heteroatoms. The van der Waals surface area contributed by atoms with E-state index in [2.05, 4.69) is 56.3 Å². The Morgan fingerprint density at radius 1 is 1.47 bits per heavy atom. The lowest BCUT2D eigenvalue weighted by Crippen LogP contribution is -2.11. The van der Waals surface area contributed by atoms with Crippen molar-refractivity contribution >= 4 is 27.7 Å². The zero-order chi connectivity index (χ0) is 12.1. The van der Waals surface area contributed by atoms with Crippen molar-refractivity contribution < 1.29 is 0 Å². The Labute approximate surface area is 114 Å². The van der Waals surface area contributed by atoms with Gasteiger partial charge in [-0.05, 0) is 24.2 Å². The van der Waals surface area contributed by atoms with E-state index in [1.54, 1.807) is 18.0 Å². The highest BCUT2D eigenvalue weighted by Crippen LogP contribution is 2.28. The first-order valence-corrected chi connectivity index (χ1v) is 7.07. The second-order valence-corrected chi connectivity index (χ2v) is 5.45. The minimum absolute atomic E-state index is 0.892. The molecule has 0 fully saturated rings. The highest BCUT2D eigenvalue weighted by Gasteiger charge is 2.03. The number of hydrogen-bond donors (Lipinski definition) is 2. The maximum atomic E-state index is 4.19. The summed E-state index contributed by atoms with van der Waals surface area (Å²) in [5.74, 6) is 0. The van der Waals surface area contributed by atoms with E-state index < -0.39 is 0 Å². The van der Waals surface area contributed by atoms with Crippen LogP contribution >= 0.6 is 27.7 Å². The topological polar surface area (TPSA) is 40.7 Å². The number of aromatic amines is 1. The number of nitrogens with zero attached hydrogens (tertiary/aromatic N) is 1. The molecule has 1 aromatic heterocycles. The molecule has 0 saturated carbocycles. The van der Waals surface area contributed by atoms with Gasteiger partial charge in [-0.3, -0.25) is 0 Å². The molecule has 1 heterocycles. The highest BCUT2D eigenvalue weighted by atomic mass is 79.9. The molecule has 0 aliphatic carbocycles. The summed E-state index contributed by atoms with van der Waals surface area (Å²) in [5.41, 5.74) is 1.27. The molecule has 0 aliphatic heterocycles. The second kappa shape index (κ2) is 6.23. The molecule has 0 saturated heterocycles. The normalized spacial score (nSPS) is 10.7. The summed E-state index contributed by atoms with van der Waals surface area (Å²) < 4.78 is 1.13. The first-order valence-electron chi connectivity index (χ1n) is 5.46. The van der Waals surface area contributed by atoms with E-state index in [0.29, 0.717) is 0 Å². The van der Waals surface area contributed by atoms with Crippen LogP contribution in [0.5, 0.6) is 0 Å². The second-order valence-electron chi connectivity index (χ2n) is 3.53. The van der Waals surface area contributed by atoms with Gasteiger partial charge < -0.3 is 10.3 Å². The maximum absolute atomic E-state index is 4.19. The summed E-state index contributed by atoms with van der Waals surface area (Å²) in [6.45, 7) is 3.98. The molecule has 3 nitrogen and oxygen atoms in total. The smallest absolute Gasteiger partial charge is 0.170 e. The fourth-order valence-corrected chi connectivity index (χ4v) is 2.86. The van der Waals surface area contributed by atoms with E-state index in [1.807, 2.05) is 6.20 Å². The molecule has 0 bridgehead atoms. The molecule has 2 rings (SSSR count). The van der Waals surface area contributed by atoms with Crippen molar-refractivity contribution in [2.75, 3.05) is 6.54 Å². The van der Waals surface area contributed by atoms with Gasteiger partial charge in [0.15, 0.2) is 5.16 Å². The maximum Gasteiger partial charge on any atom is 0.170 e. The number of nitrogens with one attached hydrogen (secondary N) is 2. The van der Waals surface area contributed by atoms with Crippen LogP contribution in [0.3, 0.4) is 0 Å². The van der Waals surface area contributed by atoms with Gasteiger partial charge in [-0.2, -0.15) is 0 Å². The van der Waals surface area contributed by atoms with Gasteiger partial charge in [0, 0.05) is 28.3 Å². The van der Waals surface area contributed by atoms with Crippen LogP contribution in [0.15, 0.2) is 45.1 Å². The predicted molar refractivity (Wildman–Crippen MR) is 74.2 cm³/mol. The molecular formula is C12H14BrN3S. The number of aromatic nitrogens is 2. The Bertz CT molecular complexity index is 471. The van der Waals surface area contributed by atoms with Gasteiger partial charge in [0.2, 0.25) is 0 Å². The summed E-state index contributed by atoms with van der Waals surface area (Å²) in [7, 11) is 0. The predicted octanol–water partition coefficient (Wildman–Crippen LogP) is 3.43. The first kappa shape index (κ1) is 12.7. The monoisotopic (exact) mass is 311 g/mol. The lowest BCUT2D eigenvalue weighted by Gasteiger charge is -2.06.